The van der Waals surface area contributed by atoms with E-state index in [9.17, 15) is 19.1 Å². The van der Waals surface area contributed by atoms with Crippen LogP contribution in [0.3, 0.4) is 0 Å². The molecule has 2 rings (SSSR count). The third kappa shape index (κ3) is 3.88. The van der Waals surface area contributed by atoms with Gasteiger partial charge in [0.1, 0.15) is 11.9 Å². The van der Waals surface area contributed by atoms with Crippen LogP contribution in [0.15, 0.2) is 35.7 Å². The van der Waals surface area contributed by atoms with Crippen LogP contribution in [0, 0.1) is 12.7 Å². The number of carbonyl (C=O) groups excluding carboxylic acids is 1. The minimum absolute atomic E-state index is 0.103. The molecule has 1 aromatic heterocycles. The number of benzene rings is 1. The Kier molecular flexibility index (Phi) is 4.70. The quantitative estimate of drug-likeness (QED) is 0.892. The van der Waals surface area contributed by atoms with Crippen molar-refractivity contribution < 1.29 is 19.1 Å². The molecule has 0 aliphatic carbocycles. The predicted molar refractivity (Wildman–Crippen MR) is 78.1 cm³/mol. The van der Waals surface area contributed by atoms with Crippen LogP contribution < -0.4 is 5.32 Å². The lowest BCUT2D eigenvalue weighted by atomic mass is 10.1. The van der Waals surface area contributed by atoms with E-state index in [1.807, 2.05) is 0 Å². The highest BCUT2D eigenvalue weighted by Gasteiger charge is 2.22. The molecule has 2 aromatic rings. The van der Waals surface area contributed by atoms with Crippen LogP contribution in [0.4, 0.5) is 4.39 Å². The zero-order chi connectivity index (χ0) is 15.4. The van der Waals surface area contributed by atoms with Crippen molar-refractivity contribution in [2.75, 3.05) is 0 Å². The number of carbonyl (C=O) groups is 2. The summed E-state index contributed by atoms with van der Waals surface area (Å²) in [5.41, 5.74) is 1.45. The Hall–Kier alpha value is -2.21. The standard InChI is InChI=1S/C15H14FNO3S/c1-9-6-7-21-13(9)14(18)17-12(15(19)20)8-10-2-4-11(16)5-3-10/h2-7,12H,8H2,1H3,(H,17,18)(H,19,20)/t12-/m0/s1. The van der Waals surface area contributed by atoms with E-state index in [-0.39, 0.29) is 12.2 Å². The fourth-order valence-electron chi connectivity index (χ4n) is 1.89. The number of aliphatic carboxylic acids is 1. The Bertz CT molecular complexity index is 651. The molecule has 0 aliphatic rings. The van der Waals surface area contributed by atoms with Gasteiger partial charge in [-0.25, -0.2) is 9.18 Å². The summed E-state index contributed by atoms with van der Waals surface area (Å²) in [7, 11) is 0. The zero-order valence-electron chi connectivity index (χ0n) is 11.3. The maximum absolute atomic E-state index is 12.8. The van der Waals surface area contributed by atoms with Gasteiger partial charge in [0.25, 0.3) is 5.91 Å². The van der Waals surface area contributed by atoms with Gasteiger partial charge in [-0.3, -0.25) is 4.79 Å². The maximum atomic E-state index is 12.8. The van der Waals surface area contributed by atoms with Gasteiger partial charge < -0.3 is 10.4 Å². The number of thiophene rings is 1. The van der Waals surface area contributed by atoms with Crippen molar-refractivity contribution in [3.63, 3.8) is 0 Å². The van der Waals surface area contributed by atoms with E-state index >= 15 is 0 Å². The average Bonchev–Trinajstić information content (AvgIpc) is 2.86. The van der Waals surface area contributed by atoms with Gasteiger partial charge in [0, 0.05) is 6.42 Å². The molecule has 0 spiro atoms. The molecular weight excluding hydrogens is 293 g/mol. The van der Waals surface area contributed by atoms with E-state index < -0.39 is 17.9 Å². The van der Waals surface area contributed by atoms with Crippen molar-refractivity contribution in [2.24, 2.45) is 0 Å². The van der Waals surface area contributed by atoms with Crippen molar-refractivity contribution in [3.8, 4) is 0 Å². The predicted octanol–water partition coefficient (Wildman–Crippen LogP) is 2.62. The molecule has 0 fully saturated rings. The first kappa shape index (κ1) is 15.2. The monoisotopic (exact) mass is 307 g/mol. The molecule has 2 N–H and O–H groups in total. The van der Waals surface area contributed by atoms with E-state index in [1.165, 1.54) is 35.6 Å². The molecule has 0 saturated carbocycles. The number of hydrogen-bond acceptors (Lipinski definition) is 3. The minimum atomic E-state index is -1.12. The van der Waals surface area contributed by atoms with Crippen LogP contribution in [0.5, 0.6) is 0 Å². The number of halogens is 1. The smallest absolute Gasteiger partial charge is 0.326 e. The molecule has 1 atom stereocenters. The number of nitrogens with one attached hydrogen (secondary N) is 1. The summed E-state index contributed by atoms with van der Waals surface area (Å²) >= 11 is 1.27. The minimum Gasteiger partial charge on any atom is -0.480 e. The molecule has 21 heavy (non-hydrogen) atoms. The SMILES string of the molecule is Cc1ccsc1C(=O)N[C@@H](Cc1ccc(F)cc1)C(=O)O. The number of hydrogen-bond donors (Lipinski definition) is 2. The fourth-order valence-corrected chi connectivity index (χ4v) is 2.71. The fraction of sp³-hybridized carbons (Fsp3) is 0.200. The van der Waals surface area contributed by atoms with Crippen LogP contribution in [0.1, 0.15) is 20.8 Å². The molecule has 4 nitrogen and oxygen atoms in total. The lowest BCUT2D eigenvalue weighted by Gasteiger charge is -2.14. The first-order valence-corrected chi connectivity index (χ1v) is 7.17. The average molecular weight is 307 g/mol. The molecule has 0 bridgehead atoms. The van der Waals surface area contributed by atoms with Crippen molar-refractivity contribution in [3.05, 3.63) is 57.5 Å². The largest absolute Gasteiger partial charge is 0.480 e. The first-order chi connectivity index (χ1) is 9.97. The molecule has 1 amide bonds. The van der Waals surface area contributed by atoms with Crippen molar-refractivity contribution in [1.29, 1.82) is 0 Å². The molecule has 0 unspecified atom stereocenters. The second-order valence-corrected chi connectivity index (χ2v) is 5.54. The van der Waals surface area contributed by atoms with Gasteiger partial charge in [-0.05, 0) is 41.6 Å². The number of amides is 1. The number of carboxylic acid groups (broad SMARTS) is 1. The molecule has 0 saturated heterocycles. The summed E-state index contributed by atoms with van der Waals surface area (Å²) in [5.74, 6) is -1.91. The Labute approximate surface area is 125 Å². The van der Waals surface area contributed by atoms with Gasteiger partial charge >= 0.3 is 5.97 Å². The Morgan fingerprint density at radius 3 is 2.48 bits per heavy atom. The Balaban J connectivity index is 2.09. The molecular formula is C15H14FNO3S. The first-order valence-electron chi connectivity index (χ1n) is 6.29. The van der Waals surface area contributed by atoms with Gasteiger partial charge in [0.2, 0.25) is 0 Å². The van der Waals surface area contributed by atoms with Crippen LogP contribution in [-0.4, -0.2) is 23.0 Å². The summed E-state index contributed by atoms with van der Waals surface area (Å²) in [6, 6.07) is 6.29. The number of aryl methyl sites for hydroxylation is 1. The summed E-state index contributed by atoms with van der Waals surface area (Å²) in [5, 5.41) is 13.5. The van der Waals surface area contributed by atoms with Gasteiger partial charge in [0.05, 0.1) is 4.88 Å². The van der Waals surface area contributed by atoms with Gasteiger partial charge in [-0.15, -0.1) is 11.3 Å². The molecule has 0 radical (unpaired) electrons. The van der Waals surface area contributed by atoms with E-state index in [0.717, 1.165) is 5.56 Å². The van der Waals surface area contributed by atoms with Crippen molar-refractivity contribution in [2.45, 2.75) is 19.4 Å². The van der Waals surface area contributed by atoms with E-state index in [4.69, 9.17) is 0 Å². The van der Waals surface area contributed by atoms with Crippen LogP contribution in [0.25, 0.3) is 0 Å². The number of rotatable bonds is 5. The van der Waals surface area contributed by atoms with Crippen molar-refractivity contribution >= 4 is 23.2 Å². The lowest BCUT2D eigenvalue weighted by Crippen LogP contribution is -2.42. The molecule has 1 aromatic carbocycles. The molecule has 0 aliphatic heterocycles. The highest BCUT2D eigenvalue weighted by atomic mass is 32.1. The summed E-state index contributed by atoms with van der Waals surface area (Å²) < 4.78 is 12.8. The lowest BCUT2D eigenvalue weighted by molar-refractivity contribution is -0.139. The third-order valence-electron chi connectivity index (χ3n) is 3.02. The second kappa shape index (κ2) is 6.49. The van der Waals surface area contributed by atoms with E-state index in [0.29, 0.717) is 10.4 Å². The van der Waals surface area contributed by atoms with Crippen LogP contribution in [0.2, 0.25) is 0 Å². The normalized spacial score (nSPS) is 11.9. The zero-order valence-corrected chi connectivity index (χ0v) is 12.1. The highest BCUT2D eigenvalue weighted by molar-refractivity contribution is 7.12. The molecule has 110 valence electrons. The molecule has 1 heterocycles. The van der Waals surface area contributed by atoms with Crippen molar-refractivity contribution in [1.82, 2.24) is 5.32 Å². The third-order valence-corrected chi connectivity index (χ3v) is 4.04. The van der Waals surface area contributed by atoms with E-state index in [1.54, 1.807) is 18.4 Å². The highest BCUT2D eigenvalue weighted by Crippen LogP contribution is 2.16. The van der Waals surface area contributed by atoms with Crippen LogP contribution in [-0.2, 0) is 11.2 Å². The second-order valence-electron chi connectivity index (χ2n) is 4.63. The Morgan fingerprint density at radius 2 is 1.95 bits per heavy atom. The topological polar surface area (TPSA) is 66.4 Å². The molecule has 6 heteroatoms. The van der Waals surface area contributed by atoms with Crippen LogP contribution >= 0.6 is 11.3 Å². The van der Waals surface area contributed by atoms with E-state index in [2.05, 4.69) is 5.32 Å². The maximum Gasteiger partial charge on any atom is 0.326 e. The Morgan fingerprint density at radius 1 is 1.29 bits per heavy atom. The van der Waals surface area contributed by atoms with Gasteiger partial charge in [-0.2, -0.15) is 0 Å². The summed E-state index contributed by atoms with van der Waals surface area (Å²) in [6.45, 7) is 1.79. The summed E-state index contributed by atoms with van der Waals surface area (Å²) in [4.78, 5) is 23.8. The van der Waals surface area contributed by atoms with Gasteiger partial charge in [0.15, 0.2) is 0 Å². The summed E-state index contributed by atoms with van der Waals surface area (Å²) in [6.07, 6.45) is 0.103. The number of carboxylic acids is 1. The van der Waals surface area contributed by atoms with Gasteiger partial charge in [-0.1, -0.05) is 12.1 Å².